The first-order valence-corrected chi connectivity index (χ1v) is 3.59. The summed E-state index contributed by atoms with van der Waals surface area (Å²) in [6, 6.07) is 0.351. The van der Waals surface area contributed by atoms with Crippen molar-refractivity contribution in [3.8, 4) is 0 Å². The van der Waals surface area contributed by atoms with Gasteiger partial charge in [-0.25, -0.2) is 8.78 Å². The predicted molar refractivity (Wildman–Crippen MR) is 41.0 cm³/mol. The fraction of sp³-hybridized carbons (Fsp3) is 0.375. The van der Waals surface area contributed by atoms with Crippen LogP contribution in [0.25, 0.3) is 0 Å². The Morgan fingerprint density at radius 2 is 2.00 bits per heavy atom. The van der Waals surface area contributed by atoms with Crippen molar-refractivity contribution in [1.82, 2.24) is 4.57 Å². The smallest absolute Gasteiger partial charge is 0.286 e. The molecule has 1 rings (SSSR count). The monoisotopic (exact) mass is 173 g/mol. The van der Waals surface area contributed by atoms with E-state index in [-0.39, 0.29) is 6.04 Å². The lowest BCUT2D eigenvalue weighted by atomic mass is 10.3. The van der Waals surface area contributed by atoms with Gasteiger partial charge in [-0.2, -0.15) is 0 Å². The third kappa shape index (κ3) is 1.52. The van der Waals surface area contributed by atoms with Gasteiger partial charge in [0.25, 0.3) is 5.56 Å². The van der Waals surface area contributed by atoms with E-state index in [0.717, 1.165) is 10.8 Å². The Kier molecular flexibility index (Phi) is 2.26. The van der Waals surface area contributed by atoms with E-state index in [2.05, 4.69) is 0 Å². The summed E-state index contributed by atoms with van der Waals surface area (Å²) in [6.07, 6.45) is 0.996. The number of nitrogens with zero attached hydrogens (tertiary/aromatic N) is 1. The number of halogens is 2. The van der Waals surface area contributed by atoms with Crippen molar-refractivity contribution in [1.29, 1.82) is 0 Å². The second-order valence-electron chi connectivity index (χ2n) is 2.81. The van der Waals surface area contributed by atoms with Crippen molar-refractivity contribution < 1.29 is 8.78 Å². The highest BCUT2D eigenvalue weighted by molar-refractivity contribution is 5.00. The molecule has 1 heterocycles. The van der Waals surface area contributed by atoms with Gasteiger partial charge < -0.3 is 4.57 Å². The molecule has 0 saturated heterocycles. The van der Waals surface area contributed by atoms with Gasteiger partial charge in [-0.05, 0) is 13.8 Å². The Balaban J connectivity index is 3.38. The van der Waals surface area contributed by atoms with Crippen LogP contribution in [0.2, 0.25) is 0 Å². The van der Waals surface area contributed by atoms with E-state index < -0.39 is 17.2 Å². The molecule has 0 aliphatic heterocycles. The Morgan fingerprint density at radius 1 is 1.42 bits per heavy atom. The molecule has 66 valence electrons. The zero-order valence-electron chi connectivity index (χ0n) is 6.84. The molecule has 0 aromatic carbocycles. The van der Waals surface area contributed by atoms with E-state index in [1.807, 2.05) is 0 Å². The SMILES string of the molecule is CC(C)n1cc(F)cc(F)c1=O. The minimum atomic E-state index is -1.05. The van der Waals surface area contributed by atoms with Crippen LogP contribution in [-0.2, 0) is 0 Å². The van der Waals surface area contributed by atoms with Gasteiger partial charge in [0, 0.05) is 18.3 Å². The van der Waals surface area contributed by atoms with Crippen LogP contribution in [0.15, 0.2) is 17.1 Å². The van der Waals surface area contributed by atoms with Crippen LogP contribution >= 0.6 is 0 Å². The molecule has 0 spiro atoms. The summed E-state index contributed by atoms with van der Waals surface area (Å²) in [5.41, 5.74) is -0.786. The average Bonchev–Trinajstić information content (AvgIpc) is 1.96. The molecule has 0 unspecified atom stereocenters. The summed E-state index contributed by atoms with van der Waals surface area (Å²) in [5.74, 6) is -1.79. The van der Waals surface area contributed by atoms with Crippen molar-refractivity contribution in [2.45, 2.75) is 19.9 Å². The second kappa shape index (κ2) is 3.05. The highest BCUT2D eigenvalue weighted by Crippen LogP contribution is 2.03. The predicted octanol–water partition coefficient (Wildman–Crippen LogP) is 1.71. The van der Waals surface area contributed by atoms with Crippen LogP contribution in [0.3, 0.4) is 0 Å². The second-order valence-corrected chi connectivity index (χ2v) is 2.81. The molecular weight excluding hydrogens is 164 g/mol. The quantitative estimate of drug-likeness (QED) is 0.633. The zero-order chi connectivity index (χ0) is 9.30. The lowest BCUT2D eigenvalue weighted by molar-refractivity contribution is 0.491. The fourth-order valence-electron chi connectivity index (χ4n) is 0.918. The first-order valence-electron chi connectivity index (χ1n) is 3.59. The maximum atomic E-state index is 12.6. The van der Waals surface area contributed by atoms with E-state index in [4.69, 9.17) is 0 Å². The molecule has 1 aromatic rings. The number of rotatable bonds is 1. The number of hydrogen-bond acceptors (Lipinski definition) is 1. The molecule has 0 N–H and O–H groups in total. The van der Waals surface area contributed by atoms with Crippen molar-refractivity contribution in [2.24, 2.45) is 0 Å². The fourth-order valence-corrected chi connectivity index (χ4v) is 0.918. The van der Waals surface area contributed by atoms with E-state index in [1.54, 1.807) is 13.8 Å². The summed E-state index contributed by atoms with van der Waals surface area (Å²) in [4.78, 5) is 11.0. The van der Waals surface area contributed by atoms with Gasteiger partial charge in [-0.3, -0.25) is 4.79 Å². The molecule has 12 heavy (non-hydrogen) atoms. The van der Waals surface area contributed by atoms with Crippen molar-refractivity contribution in [3.63, 3.8) is 0 Å². The largest absolute Gasteiger partial charge is 0.308 e. The Bertz CT molecular complexity index is 343. The summed E-state index contributed by atoms with van der Waals surface area (Å²) in [5, 5.41) is 0. The van der Waals surface area contributed by atoms with Crippen LogP contribution in [0.5, 0.6) is 0 Å². The highest BCUT2D eigenvalue weighted by Gasteiger charge is 2.07. The molecule has 0 bridgehead atoms. The zero-order valence-corrected chi connectivity index (χ0v) is 6.84. The molecule has 0 fully saturated rings. The normalized spacial score (nSPS) is 10.8. The molecule has 0 aliphatic rings. The maximum Gasteiger partial charge on any atom is 0.286 e. The number of hydrogen-bond donors (Lipinski definition) is 0. The van der Waals surface area contributed by atoms with Crippen molar-refractivity contribution in [2.75, 3.05) is 0 Å². The van der Waals surface area contributed by atoms with Crippen LogP contribution < -0.4 is 5.56 Å². The summed E-state index contributed by atoms with van der Waals surface area (Å²) < 4.78 is 26.2. The van der Waals surface area contributed by atoms with Crippen LogP contribution in [0.1, 0.15) is 19.9 Å². The molecular formula is C8H9F2NO. The number of aromatic nitrogens is 1. The van der Waals surface area contributed by atoms with Gasteiger partial charge >= 0.3 is 0 Å². The molecule has 0 atom stereocenters. The minimum absolute atomic E-state index is 0.234. The average molecular weight is 173 g/mol. The van der Waals surface area contributed by atoms with Gasteiger partial charge in [-0.15, -0.1) is 0 Å². The van der Waals surface area contributed by atoms with Crippen LogP contribution in [0, 0.1) is 11.6 Å². The van der Waals surface area contributed by atoms with Gasteiger partial charge in [0.05, 0.1) is 0 Å². The first kappa shape index (κ1) is 8.90. The standard InChI is InChI=1S/C8H9F2NO/c1-5(2)11-4-6(9)3-7(10)8(11)12/h3-5H,1-2H3. The Labute approximate surface area is 68.4 Å². The van der Waals surface area contributed by atoms with Crippen molar-refractivity contribution in [3.05, 3.63) is 34.3 Å². The van der Waals surface area contributed by atoms with Gasteiger partial charge in [0.1, 0.15) is 5.82 Å². The Morgan fingerprint density at radius 3 is 2.50 bits per heavy atom. The summed E-state index contributed by atoms with van der Waals surface area (Å²) in [7, 11) is 0. The number of pyridine rings is 1. The topological polar surface area (TPSA) is 22.0 Å². The van der Waals surface area contributed by atoms with E-state index in [0.29, 0.717) is 6.07 Å². The van der Waals surface area contributed by atoms with Gasteiger partial charge in [-0.1, -0.05) is 0 Å². The summed E-state index contributed by atoms with van der Waals surface area (Å²) >= 11 is 0. The van der Waals surface area contributed by atoms with Crippen LogP contribution in [-0.4, -0.2) is 4.57 Å². The Hall–Kier alpha value is -1.19. The maximum absolute atomic E-state index is 12.6. The third-order valence-corrected chi connectivity index (χ3v) is 1.52. The highest BCUT2D eigenvalue weighted by atomic mass is 19.1. The van der Waals surface area contributed by atoms with Crippen LogP contribution in [0.4, 0.5) is 8.78 Å². The van der Waals surface area contributed by atoms with Gasteiger partial charge in [0.15, 0.2) is 5.82 Å². The lowest BCUT2D eigenvalue weighted by Gasteiger charge is -2.08. The van der Waals surface area contributed by atoms with E-state index in [1.165, 1.54) is 0 Å². The first-order chi connectivity index (χ1) is 5.52. The van der Waals surface area contributed by atoms with E-state index >= 15 is 0 Å². The molecule has 1 aromatic heterocycles. The van der Waals surface area contributed by atoms with E-state index in [9.17, 15) is 13.6 Å². The minimum Gasteiger partial charge on any atom is -0.308 e. The third-order valence-electron chi connectivity index (χ3n) is 1.52. The molecule has 0 saturated carbocycles. The van der Waals surface area contributed by atoms with Gasteiger partial charge in [0.2, 0.25) is 0 Å². The molecule has 0 radical (unpaired) electrons. The lowest BCUT2D eigenvalue weighted by Crippen LogP contribution is -2.24. The molecule has 0 amide bonds. The van der Waals surface area contributed by atoms with Crippen molar-refractivity contribution >= 4 is 0 Å². The molecule has 2 nitrogen and oxygen atoms in total. The molecule has 0 aliphatic carbocycles. The summed E-state index contributed by atoms with van der Waals surface area (Å²) in [6.45, 7) is 3.36. The molecule has 4 heteroatoms.